The molecule has 0 aromatic heterocycles. The number of hydrogen-bond donors (Lipinski definition) is 1. The van der Waals surface area contributed by atoms with Crippen LogP contribution in [0.4, 0.5) is 0 Å². The molecule has 0 bridgehead atoms. The maximum atomic E-state index is 12.8. The second kappa shape index (κ2) is 42.7. The first-order valence-electron chi connectivity index (χ1n) is 24.4. The van der Waals surface area contributed by atoms with Crippen LogP contribution in [-0.4, -0.2) is 80.6 Å². The molecule has 0 heterocycles. The van der Waals surface area contributed by atoms with E-state index in [1.54, 1.807) is 0 Å². The summed E-state index contributed by atoms with van der Waals surface area (Å²) in [6.45, 7) is 4.58. The van der Waals surface area contributed by atoms with Gasteiger partial charge in [-0.15, -0.1) is 0 Å². The Morgan fingerprint density at radius 3 is 1.43 bits per heavy atom. The molecule has 0 aliphatic rings. The minimum Gasteiger partial charge on any atom is -0.477 e. The van der Waals surface area contributed by atoms with Crippen molar-refractivity contribution in [2.45, 2.75) is 212 Å². The van der Waals surface area contributed by atoms with E-state index in [1.165, 1.54) is 103 Å². The molecule has 0 aliphatic heterocycles. The number of ether oxygens (including phenoxy) is 3. The van der Waals surface area contributed by atoms with Crippen LogP contribution in [0.5, 0.6) is 0 Å². The maximum Gasteiger partial charge on any atom is 0.362 e. The van der Waals surface area contributed by atoms with E-state index < -0.39 is 18.1 Å². The lowest BCUT2D eigenvalue weighted by atomic mass is 10.1. The lowest BCUT2D eigenvalue weighted by Crippen LogP contribution is -2.50. The van der Waals surface area contributed by atoms with Gasteiger partial charge in [-0.05, 0) is 57.8 Å². The number of carbonyl (C=O) groups is 3. The molecule has 0 saturated carbocycles. The molecule has 8 heteroatoms. The van der Waals surface area contributed by atoms with Crippen molar-refractivity contribution in [1.82, 2.24) is 0 Å². The van der Waals surface area contributed by atoms with Crippen molar-refractivity contribution in [1.29, 1.82) is 0 Å². The van der Waals surface area contributed by atoms with Gasteiger partial charge in [-0.25, -0.2) is 4.79 Å². The topological polar surface area (TPSA) is 99.1 Å². The Labute approximate surface area is 368 Å². The number of likely N-dealkylation sites (N-methyl/N-ethyl adjacent to an activating group) is 1. The molecule has 0 fully saturated rings. The Morgan fingerprint density at radius 1 is 0.517 bits per heavy atom. The summed E-state index contributed by atoms with van der Waals surface area (Å²) in [4.78, 5) is 37.1. The van der Waals surface area contributed by atoms with Gasteiger partial charge in [-0.2, -0.15) is 0 Å². The molecule has 0 saturated heterocycles. The smallest absolute Gasteiger partial charge is 0.362 e. The summed E-state index contributed by atoms with van der Waals surface area (Å²) in [5, 5.41) is 9.64. The molecule has 0 radical (unpaired) electrons. The molecule has 346 valence electrons. The predicted molar refractivity (Wildman–Crippen MR) is 252 cm³/mol. The molecule has 0 aromatic carbocycles. The van der Waals surface area contributed by atoms with E-state index >= 15 is 0 Å². The van der Waals surface area contributed by atoms with Crippen molar-refractivity contribution in [3.05, 3.63) is 60.8 Å². The standard InChI is InChI=1S/C52H91NO7/c1-6-8-10-12-14-16-18-20-22-23-24-25-26-27-29-31-33-35-37-39-41-43-51(55)60-48(46-58-45-44-49(52(56)57)53(3,4)5)47-59-50(54)42-40-38-36-34-32-30-28-21-19-17-15-13-11-9-7-2/h9,11,13,15,17,19,21,25-26,28,48-49H,6-8,10,12,14,16,18,20,22-24,27,29-47H2,1-5H3/p+1/b11-9+,15-13+,19-17+,26-25+,28-21+. The first-order chi connectivity index (χ1) is 29.1. The SMILES string of the molecule is CC/C=C/C=C/C=C/C=C/CCCCCCCC(=O)OCC(COCCC(C(=O)O)[N+](C)(C)C)OC(=O)CCCCCCCCC/C=C/CCCCCCCCCCCC. The van der Waals surface area contributed by atoms with Gasteiger partial charge in [0.05, 0.1) is 34.4 Å². The maximum absolute atomic E-state index is 12.8. The molecule has 0 aliphatic carbocycles. The van der Waals surface area contributed by atoms with E-state index in [2.05, 4.69) is 50.3 Å². The molecule has 60 heavy (non-hydrogen) atoms. The van der Waals surface area contributed by atoms with E-state index in [-0.39, 0.29) is 36.2 Å². The Kier molecular flexibility index (Phi) is 40.6. The lowest BCUT2D eigenvalue weighted by Gasteiger charge is -2.31. The van der Waals surface area contributed by atoms with Crippen LogP contribution in [0, 0.1) is 0 Å². The zero-order valence-corrected chi connectivity index (χ0v) is 39.4. The molecule has 0 aromatic rings. The number of quaternary nitrogens is 1. The van der Waals surface area contributed by atoms with Gasteiger partial charge >= 0.3 is 17.9 Å². The fourth-order valence-electron chi connectivity index (χ4n) is 6.98. The van der Waals surface area contributed by atoms with Crippen molar-refractivity contribution in [2.24, 2.45) is 0 Å². The summed E-state index contributed by atoms with van der Waals surface area (Å²) >= 11 is 0. The number of unbranched alkanes of at least 4 members (excludes halogenated alkanes) is 22. The third-order valence-corrected chi connectivity index (χ3v) is 10.7. The van der Waals surface area contributed by atoms with Crippen molar-refractivity contribution in [2.75, 3.05) is 41.0 Å². The van der Waals surface area contributed by atoms with Crippen LogP contribution < -0.4 is 0 Å². The van der Waals surface area contributed by atoms with Crippen LogP contribution in [0.15, 0.2) is 60.8 Å². The third kappa shape index (κ3) is 40.4. The highest BCUT2D eigenvalue weighted by Gasteiger charge is 2.31. The second-order valence-electron chi connectivity index (χ2n) is 17.4. The van der Waals surface area contributed by atoms with E-state index in [0.717, 1.165) is 64.2 Å². The van der Waals surface area contributed by atoms with Gasteiger partial charge in [-0.3, -0.25) is 9.59 Å². The van der Waals surface area contributed by atoms with Gasteiger partial charge in [0.25, 0.3) is 0 Å². The summed E-state index contributed by atoms with van der Waals surface area (Å²) in [5.41, 5.74) is 0. The molecule has 8 nitrogen and oxygen atoms in total. The highest BCUT2D eigenvalue weighted by atomic mass is 16.6. The van der Waals surface area contributed by atoms with Crippen molar-refractivity contribution in [3.8, 4) is 0 Å². The van der Waals surface area contributed by atoms with Crippen molar-refractivity contribution >= 4 is 17.9 Å². The molecule has 0 spiro atoms. The minimum atomic E-state index is -0.880. The zero-order valence-electron chi connectivity index (χ0n) is 39.4. The average Bonchev–Trinajstić information content (AvgIpc) is 3.21. The van der Waals surface area contributed by atoms with Crippen molar-refractivity contribution in [3.63, 3.8) is 0 Å². The third-order valence-electron chi connectivity index (χ3n) is 10.7. The Bertz CT molecular complexity index is 1170. The largest absolute Gasteiger partial charge is 0.477 e. The first kappa shape index (κ1) is 57.0. The van der Waals surface area contributed by atoms with Crippen LogP contribution in [0.2, 0.25) is 0 Å². The number of carbonyl (C=O) groups excluding carboxylic acids is 2. The van der Waals surface area contributed by atoms with Gasteiger partial charge < -0.3 is 23.8 Å². The van der Waals surface area contributed by atoms with E-state index in [0.29, 0.717) is 19.3 Å². The summed E-state index contributed by atoms with van der Waals surface area (Å²) in [5.74, 6) is -1.50. The normalized spacial score (nSPS) is 13.4. The summed E-state index contributed by atoms with van der Waals surface area (Å²) in [7, 11) is 5.52. The number of hydrogen-bond acceptors (Lipinski definition) is 6. The number of aliphatic carboxylic acids is 1. The Balaban J connectivity index is 4.30. The number of esters is 2. The molecule has 0 rings (SSSR count). The predicted octanol–water partition coefficient (Wildman–Crippen LogP) is 13.8. The number of carboxylic acids is 1. The number of rotatable bonds is 43. The zero-order chi connectivity index (χ0) is 44.2. The monoisotopic (exact) mass is 843 g/mol. The summed E-state index contributed by atoms with van der Waals surface area (Å²) < 4.78 is 17.3. The van der Waals surface area contributed by atoms with Gasteiger partial charge in [0.1, 0.15) is 6.61 Å². The van der Waals surface area contributed by atoms with Crippen LogP contribution in [0.1, 0.15) is 200 Å². The van der Waals surface area contributed by atoms with E-state index in [4.69, 9.17) is 14.2 Å². The van der Waals surface area contributed by atoms with Crippen LogP contribution >= 0.6 is 0 Å². The average molecular weight is 843 g/mol. The van der Waals surface area contributed by atoms with E-state index in [1.807, 2.05) is 45.4 Å². The first-order valence-corrected chi connectivity index (χ1v) is 24.4. The summed E-state index contributed by atoms with van der Waals surface area (Å²) in [6, 6.07) is -0.621. The van der Waals surface area contributed by atoms with Crippen LogP contribution in [-0.2, 0) is 28.6 Å². The molecular formula is C52H92NO7+. The second-order valence-corrected chi connectivity index (χ2v) is 17.4. The minimum absolute atomic E-state index is 0.0498. The number of carboxylic acid groups (broad SMARTS) is 1. The van der Waals surface area contributed by atoms with Crippen LogP contribution in [0.3, 0.4) is 0 Å². The molecular weight excluding hydrogens is 751 g/mol. The molecule has 1 N–H and O–H groups in total. The lowest BCUT2D eigenvalue weighted by molar-refractivity contribution is -0.887. The quantitative estimate of drug-likeness (QED) is 0.0215. The van der Waals surface area contributed by atoms with Crippen LogP contribution in [0.25, 0.3) is 0 Å². The molecule has 0 amide bonds. The fraction of sp³-hybridized carbons (Fsp3) is 0.750. The Hall–Kier alpha value is -2.97. The number of nitrogens with zero attached hydrogens (tertiary/aromatic N) is 1. The highest BCUT2D eigenvalue weighted by Crippen LogP contribution is 2.15. The molecule has 2 atom stereocenters. The van der Waals surface area contributed by atoms with Crippen molar-refractivity contribution < 1.29 is 38.2 Å². The molecule has 2 unspecified atom stereocenters. The van der Waals surface area contributed by atoms with Gasteiger partial charge in [0, 0.05) is 19.3 Å². The van der Waals surface area contributed by atoms with Gasteiger partial charge in [0.15, 0.2) is 12.1 Å². The fourth-order valence-corrected chi connectivity index (χ4v) is 6.98. The number of allylic oxidation sites excluding steroid dienone is 10. The van der Waals surface area contributed by atoms with E-state index in [9.17, 15) is 19.5 Å². The Morgan fingerprint density at radius 2 is 0.950 bits per heavy atom. The van der Waals surface area contributed by atoms with Gasteiger partial charge in [0.2, 0.25) is 0 Å². The van der Waals surface area contributed by atoms with Gasteiger partial charge in [-0.1, -0.05) is 184 Å². The summed E-state index contributed by atoms with van der Waals surface area (Å²) in [6.07, 6.45) is 52.7. The highest BCUT2D eigenvalue weighted by molar-refractivity contribution is 5.72.